The number of carbonyl (C=O) groups excluding carboxylic acids is 2. The Bertz CT molecular complexity index is 671. The Hall–Kier alpha value is -2.46. The number of aryl methyl sites for hydroxylation is 1. The largest absolute Gasteiger partial charge is 0.290 e. The summed E-state index contributed by atoms with van der Waals surface area (Å²) >= 11 is 0. The summed E-state index contributed by atoms with van der Waals surface area (Å²) in [6.45, 7) is 1.93. The molecule has 0 aliphatic carbocycles. The summed E-state index contributed by atoms with van der Waals surface area (Å²) in [6.07, 6.45) is 2.52. The van der Waals surface area contributed by atoms with Crippen LogP contribution >= 0.6 is 0 Å². The fourth-order valence-electron chi connectivity index (χ4n) is 2.46. The van der Waals surface area contributed by atoms with Gasteiger partial charge in [0.1, 0.15) is 12.0 Å². The molecule has 0 amide bonds. The number of hydroxylamine groups is 1. The van der Waals surface area contributed by atoms with Crippen LogP contribution < -0.4 is 5.06 Å². The number of rotatable bonds is 4. The lowest BCUT2D eigenvalue weighted by atomic mass is 9.91. The summed E-state index contributed by atoms with van der Waals surface area (Å²) in [4.78, 5) is 28.1. The molecule has 0 N–H and O–H groups in total. The van der Waals surface area contributed by atoms with E-state index in [1.54, 1.807) is 6.29 Å². The molecule has 0 bridgehead atoms. The average molecular weight is 291 g/mol. The second-order valence-electron chi connectivity index (χ2n) is 4.91. The van der Waals surface area contributed by atoms with Crippen molar-refractivity contribution < 1.29 is 14.4 Å². The highest BCUT2D eigenvalue weighted by molar-refractivity contribution is 5.89. The standard InChI is InChI=1S/C18H13NO3/c1-13-7-5-6-10-16(13)19-18(14-8-3-2-4-9-14)15(11-20)17(12-21)22-19/h2-10,17H,1H3. The van der Waals surface area contributed by atoms with Crippen LogP contribution in [-0.4, -0.2) is 18.7 Å². The number of anilines is 1. The van der Waals surface area contributed by atoms with Crippen LogP contribution in [-0.2, 0) is 14.4 Å². The van der Waals surface area contributed by atoms with E-state index in [9.17, 15) is 9.59 Å². The molecule has 4 radical (unpaired) electrons. The molecule has 108 valence electrons. The van der Waals surface area contributed by atoms with Gasteiger partial charge in [-0.1, -0.05) is 48.5 Å². The van der Waals surface area contributed by atoms with E-state index in [0.29, 0.717) is 6.04 Å². The van der Waals surface area contributed by atoms with Crippen LogP contribution in [0.1, 0.15) is 11.1 Å². The normalized spacial score (nSPS) is 19.3. The van der Waals surface area contributed by atoms with Crippen molar-refractivity contribution in [3.8, 4) is 0 Å². The van der Waals surface area contributed by atoms with Gasteiger partial charge in [-0.05, 0) is 24.1 Å². The van der Waals surface area contributed by atoms with Gasteiger partial charge >= 0.3 is 0 Å². The molecule has 0 spiro atoms. The fraction of sp³-hybridized carbons (Fsp3) is 0.111. The number of para-hydroxylation sites is 1. The summed E-state index contributed by atoms with van der Waals surface area (Å²) in [5.41, 5.74) is 2.52. The maximum atomic E-state index is 11.4. The van der Waals surface area contributed by atoms with E-state index < -0.39 is 6.10 Å². The van der Waals surface area contributed by atoms with E-state index in [-0.39, 0.29) is 5.92 Å². The van der Waals surface area contributed by atoms with E-state index in [1.807, 2.05) is 67.8 Å². The molecule has 0 saturated carbocycles. The Labute approximate surface area is 129 Å². The molecule has 3 rings (SSSR count). The highest BCUT2D eigenvalue weighted by Gasteiger charge is 2.47. The van der Waals surface area contributed by atoms with Crippen LogP contribution in [0, 0.1) is 18.9 Å². The van der Waals surface area contributed by atoms with Gasteiger partial charge in [-0.15, -0.1) is 0 Å². The van der Waals surface area contributed by atoms with Gasteiger partial charge in [-0.3, -0.25) is 14.4 Å². The summed E-state index contributed by atoms with van der Waals surface area (Å²) < 4.78 is 0. The van der Waals surface area contributed by atoms with Crippen LogP contribution in [0.3, 0.4) is 0 Å². The first-order chi connectivity index (χ1) is 10.8. The van der Waals surface area contributed by atoms with Crippen molar-refractivity contribution in [1.29, 1.82) is 0 Å². The lowest BCUT2D eigenvalue weighted by molar-refractivity contribution is 0.136. The Morgan fingerprint density at radius 3 is 2.32 bits per heavy atom. The smallest absolute Gasteiger partial charge is 0.233 e. The summed E-state index contributed by atoms with van der Waals surface area (Å²) in [6, 6.07) is 17.4. The molecule has 1 aliphatic heterocycles. The van der Waals surface area contributed by atoms with Crippen molar-refractivity contribution in [2.24, 2.45) is 0 Å². The van der Waals surface area contributed by atoms with Gasteiger partial charge in [-0.2, -0.15) is 0 Å². The number of nitrogens with zero attached hydrogens (tertiary/aromatic N) is 1. The third kappa shape index (κ3) is 2.42. The molecule has 1 fully saturated rings. The Balaban J connectivity index is 2.09. The maximum absolute atomic E-state index is 11.4. The van der Waals surface area contributed by atoms with Crippen LogP contribution in [0.4, 0.5) is 5.69 Å². The first kappa shape index (κ1) is 14.5. The van der Waals surface area contributed by atoms with Gasteiger partial charge in [-0.25, -0.2) is 5.06 Å². The zero-order valence-electron chi connectivity index (χ0n) is 11.9. The quantitative estimate of drug-likeness (QED) is 0.868. The number of hydrogen-bond donors (Lipinski definition) is 0. The molecule has 1 atom stereocenters. The van der Waals surface area contributed by atoms with Crippen LogP contribution in [0.25, 0.3) is 0 Å². The average Bonchev–Trinajstić information content (AvgIpc) is 2.94. The molecule has 1 saturated heterocycles. The van der Waals surface area contributed by atoms with Crippen molar-refractivity contribution in [3.05, 3.63) is 77.7 Å². The number of benzene rings is 2. The predicted octanol–water partition coefficient (Wildman–Crippen LogP) is 2.49. The third-order valence-corrected chi connectivity index (χ3v) is 3.53. The van der Waals surface area contributed by atoms with Gasteiger partial charge in [0, 0.05) is 0 Å². The first-order valence-corrected chi connectivity index (χ1v) is 6.84. The van der Waals surface area contributed by atoms with Crippen LogP contribution in [0.2, 0.25) is 0 Å². The minimum absolute atomic E-state index is 0.157. The molecule has 0 aromatic heterocycles. The first-order valence-electron chi connectivity index (χ1n) is 6.84. The Kier molecular flexibility index (Phi) is 4.02. The monoisotopic (exact) mass is 291 g/mol. The van der Waals surface area contributed by atoms with Gasteiger partial charge < -0.3 is 0 Å². The highest BCUT2D eigenvalue weighted by Crippen LogP contribution is 2.42. The lowest BCUT2D eigenvalue weighted by Crippen LogP contribution is -2.25. The topological polar surface area (TPSA) is 46.6 Å². The Morgan fingerprint density at radius 1 is 1.00 bits per heavy atom. The molecule has 2 aromatic rings. The van der Waals surface area contributed by atoms with Gasteiger partial charge in [0.05, 0.1) is 5.69 Å². The molecule has 22 heavy (non-hydrogen) atoms. The molecule has 4 nitrogen and oxygen atoms in total. The van der Waals surface area contributed by atoms with Gasteiger partial charge in [0.25, 0.3) is 0 Å². The zero-order chi connectivity index (χ0) is 15.5. The van der Waals surface area contributed by atoms with Crippen molar-refractivity contribution in [3.63, 3.8) is 0 Å². The van der Waals surface area contributed by atoms with E-state index in [4.69, 9.17) is 4.84 Å². The minimum atomic E-state index is -1.06. The third-order valence-electron chi connectivity index (χ3n) is 3.53. The van der Waals surface area contributed by atoms with Crippen LogP contribution in [0.5, 0.6) is 0 Å². The van der Waals surface area contributed by atoms with Gasteiger partial charge in [0.15, 0.2) is 6.10 Å². The molecular formula is C18H13NO3. The lowest BCUT2D eigenvalue weighted by Gasteiger charge is -2.26. The van der Waals surface area contributed by atoms with E-state index >= 15 is 0 Å². The predicted molar refractivity (Wildman–Crippen MR) is 81.9 cm³/mol. The second-order valence-corrected chi connectivity index (χ2v) is 4.91. The van der Waals surface area contributed by atoms with Crippen LogP contribution in [0.15, 0.2) is 54.6 Å². The van der Waals surface area contributed by atoms with Crippen molar-refractivity contribution in [1.82, 2.24) is 0 Å². The van der Waals surface area contributed by atoms with Crippen molar-refractivity contribution in [2.75, 3.05) is 5.06 Å². The SMILES string of the molecule is Cc1ccccc1N1OC([C]=O)[C]([C]=O)[C]1c1ccccc1. The number of hydrogen-bond acceptors (Lipinski definition) is 4. The maximum Gasteiger partial charge on any atom is 0.233 e. The molecule has 1 aliphatic rings. The molecule has 4 heteroatoms. The van der Waals surface area contributed by atoms with E-state index in [1.165, 1.54) is 5.06 Å². The summed E-state index contributed by atoms with van der Waals surface area (Å²) in [7, 11) is 0. The summed E-state index contributed by atoms with van der Waals surface area (Å²) in [5.74, 6) is 0.157. The molecular weight excluding hydrogens is 278 g/mol. The highest BCUT2D eigenvalue weighted by atomic mass is 16.7. The van der Waals surface area contributed by atoms with Crippen molar-refractivity contribution >= 4 is 18.3 Å². The molecule has 2 aromatic carbocycles. The molecule has 1 unspecified atom stereocenters. The van der Waals surface area contributed by atoms with Gasteiger partial charge in [0.2, 0.25) is 12.6 Å². The molecule has 1 heterocycles. The van der Waals surface area contributed by atoms with Crippen molar-refractivity contribution in [2.45, 2.75) is 13.0 Å². The summed E-state index contributed by atoms with van der Waals surface area (Å²) in [5, 5.41) is 1.51. The van der Waals surface area contributed by atoms with E-state index in [2.05, 4.69) is 0 Å². The fourth-order valence-corrected chi connectivity index (χ4v) is 2.46. The second kappa shape index (κ2) is 6.12. The Morgan fingerprint density at radius 2 is 1.68 bits per heavy atom. The minimum Gasteiger partial charge on any atom is -0.290 e. The zero-order valence-corrected chi connectivity index (χ0v) is 11.9. The van der Waals surface area contributed by atoms with E-state index in [0.717, 1.165) is 16.8 Å².